The summed E-state index contributed by atoms with van der Waals surface area (Å²) in [5.74, 6) is 1.50. The van der Waals surface area contributed by atoms with Gasteiger partial charge in [0.2, 0.25) is 0 Å². The van der Waals surface area contributed by atoms with Crippen LogP contribution in [0.2, 0.25) is 0 Å². The lowest BCUT2D eigenvalue weighted by Gasteiger charge is -2.20. The molecular formula is C19H24N2O3S. The third-order valence-corrected chi connectivity index (χ3v) is 4.86. The van der Waals surface area contributed by atoms with Crippen LogP contribution < -0.4 is 20.1 Å². The zero-order chi connectivity index (χ0) is 17.9. The highest BCUT2D eigenvalue weighted by Crippen LogP contribution is 2.36. The first-order valence-electron chi connectivity index (χ1n) is 8.45. The zero-order valence-electron chi connectivity index (χ0n) is 14.8. The van der Waals surface area contributed by atoms with Crippen molar-refractivity contribution in [1.82, 2.24) is 10.6 Å². The van der Waals surface area contributed by atoms with E-state index >= 15 is 0 Å². The zero-order valence-corrected chi connectivity index (χ0v) is 15.7. The highest BCUT2D eigenvalue weighted by Gasteiger charge is 2.15. The molecule has 25 heavy (non-hydrogen) atoms. The number of nitrogens with one attached hydrogen (secondary N) is 2. The van der Waals surface area contributed by atoms with E-state index in [2.05, 4.69) is 31.4 Å². The normalized spacial score (nSPS) is 13.6. The van der Waals surface area contributed by atoms with Crippen LogP contribution in [0.1, 0.15) is 30.4 Å². The fraction of sp³-hybridized carbons (Fsp3) is 0.421. The van der Waals surface area contributed by atoms with Crippen molar-refractivity contribution >= 4 is 17.2 Å². The molecule has 2 N–H and O–H groups in total. The molecule has 0 saturated heterocycles. The van der Waals surface area contributed by atoms with Crippen molar-refractivity contribution in [2.24, 2.45) is 0 Å². The van der Waals surface area contributed by atoms with Crippen LogP contribution in [-0.2, 0) is 0 Å². The molecule has 0 spiro atoms. The monoisotopic (exact) mass is 360 g/mol. The van der Waals surface area contributed by atoms with Gasteiger partial charge in [-0.1, -0.05) is 0 Å². The molecule has 1 aliphatic heterocycles. The van der Waals surface area contributed by atoms with Crippen LogP contribution in [0, 0.1) is 0 Å². The molecule has 134 valence electrons. The standard InChI is InChI=1S/C19H24N2O3S/c1-19(2,3)21-9-8-20-18(22)17-7-6-16(25-17)13-4-5-14-15(12-13)24-11-10-23-14/h4-7,12,21H,8-11H2,1-3H3,(H,20,22). The molecule has 5 nitrogen and oxygen atoms in total. The fourth-order valence-electron chi connectivity index (χ4n) is 2.51. The van der Waals surface area contributed by atoms with Crippen LogP contribution >= 0.6 is 11.3 Å². The molecule has 2 aromatic rings. The number of rotatable bonds is 5. The van der Waals surface area contributed by atoms with Crippen molar-refractivity contribution in [2.45, 2.75) is 26.3 Å². The van der Waals surface area contributed by atoms with Crippen LogP contribution in [0.3, 0.4) is 0 Å². The minimum Gasteiger partial charge on any atom is -0.486 e. The van der Waals surface area contributed by atoms with Crippen LogP contribution in [0.5, 0.6) is 11.5 Å². The summed E-state index contributed by atoms with van der Waals surface area (Å²) < 4.78 is 11.2. The molecule has 0 atom stereocenters. The number of carbonyl (C=O) groups is 1. The van der Waals surface area contributed by atoms with Gasteiger partial charge in [0.1, 0.15) is 13.2 Å². The summed E-state index contributed by atoms with van der Waals surface area (Å²) in [4.78, 5) is 14.0. The summed E-state index contributed by atoms with van der Waals surface area (Å²) in [6.07, 6.45) is 0. The van der Waals surface area contributed by atoms with E-state index in [4.69, 9.17) is 9.47 Å². The third kappa shape index (κ3) is 4.74. The van der Waals surface area contributed by atoms with E-state index in [1.54, 1.807) is 0 Å². The summed E-state index contributed by atoms with van der Waals surface area (Å²) in [5, 5.41) is 6.30. The number of ether oxygens (including phenoxy) is 2. The third-order valence-electron chi connectivity index (χ3n) is 3.72. The van der Waals surface area contributed by atoms with Crippen molar-refractivity contribution in [3.63, 3.8) is 0 Å². The lowest BCUT2D eigenvalue weighted by Crippen LogP contribution is -2.41. The van der Waals surface area contributed by atoms with Gasteiger partial charge < -0.3 is 20.1 Å². The largest absolute Gasteiger partial charge is 0.486 e. The second kappa shape index (κ2) is 7.45. The van der Waals surface area contributed by atoms with Gasteiger partial charge in [0.05, 0.1) is 4.88 Å². The molecule has 1 aliphatic rings. The molecule has 0 aliphatic carbocycles. The van der Waals surface area contributed by atoms with Gasteiger partial charge >= 0.3 is 0 Å². The van der Waals surface area contributed by atoms with Crippen molar-refractivity contribution in [3.05, 3.63) is 35.2 Å². The van der Waals surface area contributed by atoms with Gasteiger partial charge in [-0.15, -0.1) is 11.3 Å². The number of amides is 1. The van der Waals surface area contributed by atoms with E-state index in [0.717, 1.165) is 28.5 Å². The Labute approximate surface area is 152 Å². The molecule has 1 aromatic carbocycles. The molecule has 0 unspecified atom stereocenters. The number of fused-ring (bicyclic) bond motifs is 1. The van der Waals surface area contributed by atoms with E-state index in [1.165, 1.54) is 11.3 Å². The van der Waals surface area contributed by atoms with Crippen LogP contribution in [-0.4, -0.2) is 37.7 Å². The van der Waals surface area contributed by atoms with Crippen molar-refractivity contribution < 1.29 is 14.3 Å². The molecule has 0 radical (unpaired) electrons. The minimum absolute atomic E-state index is 0.0375. The van der Waals surface area contributed by atoms with Crippen LogP contribution in [0.25, 0.3) is 10.4 Å². The Kier molecular flexibility index (Phi) is 5.30. The minimum atomic E-state index is -0.0375. The van der Waals surface area contributed by atoms with Gasteiger partial charge in [0.15, 0.2) is 11.5 Å². The van der Waals surface area contributed by atoms with Gasteiger partial charge in [-0.2, -0.15) is 0 Å². The summed E-state index contributed by atoms with van der Waals surface area (Å²) in [6, 6.07) is 9.72. The molecule has 3 rings (SSSR count). The molecule has 1 amide bonds. The number of thiophene rings is 1. The molecule has 1 aromatic heterocycles. The molecule has 0 saturated carbocycles. The lowest BCUT2D eigenvalue weighted by molar-refractivity contribution is 0.0957. The Morgan fingerprint density at radius 3 is 2.60 bits per heavy atom. The smallest absolute Gasteiger partial charge is 0.261 e. The van der Waals surface area contributed by atoms with Gasteiger partial charge in [-0.05, 0) is 56.7 Å². The number of benzene rings is 1. The van der Waals surface area contributed by atoms with Crippen LogP contribution in [0.4, 0.5) is 0 Å². The van der Waals surface area contributed by atoms with Gasteiger partial charge in [-0.25, -0.2) is 0 Å². The fourth-order valence-corrected chi connectivity index (χ4v) is 3.43. The highest BCUT2D eigenvalue weighted by molar-refractivity contribution is 7.17. The van der Waals surface area contributed by atoms with E-state index in [-0.39, 0.29) is 11.4 Å². The Hall–Kier alpha value is -2.05. The Morgan fingerprint density at radius 2 is 1.84 bits per heavy atom. The average molecular weight is 360 g/mol. The average Bonchev–Trinajstić information content (AvgIpc) is 3.07. The topological polar surface area (TPSA) is 59.6 Å². The number of hydrogen-bond donors (Lipinski definition) is 2. The SMILES string of the molecule is CC(C)(C)NCCNC(=O)c1ccc(-c2ccc3c(c2)OCCO3)s1. The Bertz CT molecular complexity index is 749. The second-order valence-electron chi connectivity index (χ2n) is 6.96. The second-order valence-corrected chi connectivity index (χ2v) is 8.04. The molecule has 2 heterocycles. The van der Waals surface area contributed by atoms with Crippen molar-refractivity contribution in [1.29, 1.82) is 0 Å². The van der Waals surface area contributed by atoms with Gasteiger partial charge in [0, 0.05) is 23.5 Å². The van der Waals surface area contributed by atoms with E-state index in [1.807, 2.05) is 30.3 Å². The van der Waals surface area contributed by atoms with Gasteiger partial charge in [-0.3, -0.25) is 4.79 Å². The first kappa shape index (κ1) is 17.8. The summed E-state index contributed by atoms with van der Waals surface area (Å²) in [7, 11) is 0. The number of carbonyl (C=O) groups excluding carboxylic acids is 1. The maximum absolute atomic E-state index is 12.3. The molecule has 0 bridgehead atoms. The first-order chi connectivity index (χ1) is 11.9. The predicted octanol–water partition coefficient (Wildman–Crippen LogP) is 3.30. The van der Waals surface area contributed by atoms with Crippen molar-refractivity contribution in [3.8, 4) is 21.9 Å². The van der Waals surface area contributed by atoms with Crippen molar-refractivity contribution in [2.75, 3.05) is 26.3 Å². The summed E-state index contributed by atoms with van der Waals surface area (Å²) in [6.45, 7) is 8.81. The lowest BCUT2D eigenvalue weighted by atomic mass is 10.1. The van der Waals surface area contributed by atoms with E-state index < -0.39 is 0 Å². The molecule has 0 fully saturated rings. The Morgan fingerprint density at radius 1 is 1.08 bits per heavy atom. The predicted molar refractivity (Wildman–Crippen MR) is 101 cm³/mol. The quantitative estimate of drug-likeness (QED) is 0.803. The first-order valence-corrected chi connectivity index (χ1v) is 9.27. The van der Waals surface area contributed by atoms with E-state index in [9.17, 15) is 4.79 Å². The molecular weight excluding hydrogens is 336 g/mol. The number of hydrogen-bond acceptors (Lipinski definition) is 5. The molecule has 6 heteroatoms. The summed E-state index contributed by atoms with van der Waals surface area (Å²) in [5.41, 5.74) is 1.08. The maximum Gasteiger partial charge on any atom is 0.261 e. The maximum atomic E-state index is 12.3. The highest BCUT2D eigenvalue weighted by atomic mass is 32.1. The van der Waals surface area contributed by atoms with Gasteiger partial charge in [0.25, 0.3) is 5.91 Å². The van der Waals surface area contributed by atoms with E-state index in [0.29, 0.717) is 24.6 Å². The van der Waals surface area contributed by atoms with Crippen LogP contribution in [0.15, 0.2) is 30.3 Å². The summed E-state index contributed by atoms with van der Waals surface area (Å²) >= 11 is 1.48. The Balaban J connectivity index is 1.61.